The molecule has 1 aromatic carbocycles. The summed E-state index contributed by atoms with van der Waals surface area (Å²) in [7, 11) is 0. The molecule has 2 unspecified atom stereocenters. The number of carbonyl (C=O) groups is 1. The van der Waals surface area contributed by atoms with Gasteiger partial charge in [0.1, 0.15) is 0 Å². The average Bonchev–Trinajstić information content (AvgIpc) is 3.08. The molecular weight excluding hydrogens is 322 g/mol. The van der Waals surface area contributed by atoms with Crippen molar-refractivity contribution in [2.24, 2.45) is 0 Å². The van der Waals surface area contributed by atoms with Crippen LogP contribution >= 0.6 is 0 Å². The molecule has 1 aliphatic heterocycles. The van der Waals surface area contributed by atoms with E-state index in [9.17, 15) is 14.4 Å². The number of nitrogens with one attached hydrogen (secondary N) is 2. The highest BCUT2D eigenvalue weighted by atomic mass is 16.5. The summed E-state index contributed by atoms with van der Waals surface area (Å²) < 4.78 is 6.75. The Morgan fingerprint density at radius 1 is 1.32 bits per heavy atom. The Hall–Kier alpha value is -2.41. The fourth-order valence-electron chi connectivity index (χ4n) is 3.22. The van der Waals surface area contributed by atoms with Crippen molar-refractivity contribution in [2.45, 2.75) is 51.8 Å². The van der Waals surface area contributed by atoms with Gasteiger partial charge >= 0.3 is 5.69 Å². The number of rotatable bonds is 4. The third-order valence-corrected chi connectivity index (χ3v) is 4.59. The van der Waals surface area contributed by atoms with Crippen molar-refractivity contribution in [3.63, 3.8) is 0 Å². The lowest BCUT2D eigenvalue weighted by Crippen LogP contribution is -2.41. The predicted octanol–water partition coefficient (Wildman–Crippen LogP) is 1.57. The quantitative estimate of drug-likeness (QED) is 0.879. The predicted molar refractivity (Wildman–Crippen MR) is 95.1 cm³/mol. The number of nitrogens with zero attached hydrogens (tertiary/aromatic N) is 1. The number of amides is 1. The van der Waals surface area contributed by atoms with Crippen molar-refractivity contribution in [3.8, 4) is 0 Å². The SMILES string of the molecule is CC(NC(=O)c1ccc2c(=O)n(C(C)C)c(=O)[nH]c2c1)C1CCCO1. The van der Waals surface area contributed by atoms with Gasteiger partial charge in [0, 0.05) is 18.2 Å². The molecule has 2 heterocycles. The van der Waals surface area contributed by atoms with Gasteiger partial charge in [-0.3, -0.25) is 14.2 Å². The Balaban J connectivity index is 1.90. The van der Waals surface area contributed by atoms with E-state index in [1.807, 2.05) is 6.92 Å². The Morgan fingerprint density at radius 3 is 2.72 bits per heavy atom. The van der Waals surface area contributed by atoms with Crippen molar-refractivity contribution in [1.82, 2.24) is 14.9 Å². The van der Waals surface area contributed by atoms with Crippen LogP contribution in [0.4, 0.5) is 0 Å². The minimum atomic E-state index is -0.474. The molecule has 25 heavy (non-hydrogen) atoms. The minimum Gasteiger partial charge on any atom is -0.376 e. The van der Waals surface area contributed by atoms with E-state index in [-0.39, 0.29) is 29.7 Å². The van der Waals surface area contributed by atoms with E-state index < -0.39 is 5.69 Å². The first-order chi connectivity index (χ1) is 11.9. The number of H-pyrrole nitrogens is 1. The Bertz CT molecular complexity index is 907. The van der Waals surface area contributed by atoms with Gasteiger partial charge in [-0.25, -0.2) is 4.79 Å². The van der Waals surface area contributed by atoms with Crippen LogP contribution in [0.15, 0.2) is 27.8 Å². The average molecular weight is 345 g/mol. The van der Waals surface area contributed by atoms with Gasteiger partial charge in [0.15, 0.2) is 0 Å². The number of aromatic amines is 1. The highest BCUT2D eigenvalue weighted by Gasteiger charge is 2.24. The number of carbonyl (C=O) groups excluding carboxylic acids is 1. The standard InChI is InChI=1S/C18H23N3O4/c1-10(2)21-17(23)13-7-6-12(9-14(13)20-18(21)24)16(22)19-11(3)15-5-4-8-25-15/h6-7,9-11,15H,4-5,8H2,1-3H3,(H,19,22)(H,20,24). The summed E-state index contributed by atoms with van der Waals surface area (Å²) in [5, 5.41) is 3.31. The van der Waals surface area contributed by atoms with E-state index in [0.717, 1.165) is 19.4 Å². The zero-order valence-electron chi connectivity index (χ0n) is 14.7. The van der Waals surface area contributed by atoms with Crippen molar-refractivity contribution < 1.29 is 9.53 Å². The van der Waals surface area contributed by atoms with Crippen molar-refractivity contribution in [1.29, 1.82) is 0 Å². The van der Waals surface area contributed by atoms with Crippen LogP contribution in [0.3, 0.4) is 0 Å². The van der Waals surface area contributed by atoms with Crippen molar-refractivity contribution >= 4 is 16.8 Å². The fraction of sp³-hybridized carbons (Fsp3) is 0.500. The van der Waals surface area contributed by atoms with Crippen molar-refractivity contribution in [3.05, 3.63) is 44.6 Å². The molecule has 0 bridgehead atoms. The highest BCUT2D eigenvalue weighted by Crippen LogP contribution is 2.16. The fourth-order valence-corrected chi connectivity index (χ4v) is 3.22. The monoisotopic (exact) mass is 345 g/mol. The van der Waals surface area contributed by atoms with Crippen LogP contribution in [-0.2, 0) is 4.74 Å². The second kappa shape index (κ2) is 6.84. The van der Waals surface area contributed by atoms with Gasteiger partial charge < -0.3 is 15.0 Å². The molecule has 1 aromatic heterocycles. The second-order valence-electron chi connectivity index (χ2n) is 6.77. The van der Waals surface area contributed by atoms with E-state index in [1.54, 1.807) is 32.0 Å². The maximum absolute atomic E-state index is 12.5. The van der Waals surface area contributed by atoms with E-state index in [1.165, 1.54) is 4.57 Å². The normalized spacial score (nSPS) is 18.6. The maximum Gasteiger partial charge on any atom is 0.329 e. The summed E-state index contributed by atoms with van der Waals surface area (Å²) >= 11 is 0. The Labute approximate surface area is 145 Å². The summed E-state index contributed by atoms with van der Waals surface area (Å²) in [6, 6.07) is 4.39. The van der Waals surface area contributed by atoms with Gasteiger partial charge in [0.25, 0.3) is 11.5 Å². The van der Waals surface area contributed by atoms with E-state index in [2.05, 4.69) is 10.3 Å². The Morgan fingerprint density at radius 2 is 2.08 bits per heavy atom. The molecule has 0 radical (unpaired) electrons. The first-order valence-corrected chi connectivity index (χ1v) is 8.59. The van der Waals surface area contributed by atoms with Gasteiger partial charge in [-0.15, -0.1) is 0 Å². The van der Waals surface area contributed by atoms with E-state index in [0.29, 0.717) is 16.5 Å². The summed E-state index contributed by atoms with van der Waals surface area (Å²) in [4.78, 5) is 39.7. The minimum absolute atomic E-state index is 0.0301. The van der Waals surface area contributed by atoms with Crippen LogP contribution in [0.1, 0.15) is 50.0 Å². The second-order valence-corrected chi connectivity index (χ2v) is 6.77. The highest BCUT2D eigenvalue weighted by molar-refractivity contribution is 5.97. The molecule has 0 spiro atoms. The number of aromatic nitrogens is 2. The van der Waals surface area contributed by atoms with Crippen LogP contribution in [0.2, 0.25) is 0 Å². The zero-order chi connectivity index (χ0) is 18.1. The van der Waals surface area contributed by atoms with E-state index in [4.69, 9.17) is 4.74 Å². The molecule has 1 fully saturated rings. The lowest BCUT2D eigenvalue weighted by Gasteiger charge is -2.20. The molecule has 1 aliphatic rings. The molecule has 134 valence electrons. The number of ether oxygens (including phenoxy) is 1. The third kappa shape index (κ3) is 3.37. The van der Waals surface area contributed by atoms with Gasteiger partial charge in [0.2, 0.25) is 0 Å². The molecular formula is C18H23N3O4. The molecule has 2 N–H and O–H groups in total. The van der Waals surface area contributed by atoms with Crippen LogP contribution in [0, 0.1) is 0 Å². The zero-order valence-corrected chi connectivity index (χ0v) is 14.7. The number of fused-ring (bicyclic) bond motifs is 1. The van der Waals surface area contributed by atoms with Crippen LogP contribution < -0.4 is 16.6 Å². The van der Waals surface area contributed by atoms with Crippen molar-refractivity contribution in [2.75, 3.05) is 6.61 Å². The van der Waals surface area contributed by atoms with Gasteiger partial charge in [-0.05, 0) is 51.8 Å². The van der Waals surface area contributed by atoms with E-state index >= 15 is 0 Å². The molecule has 2 atom stereocenters. The maximum atomic E-state index is 12.5. The van der Waals surface area contributed by atoms with Gasteiger partial charge in [-0.1, -0.05) is 0 Å². The number of hydrogen-bond donors (Lipinski definition) is 2. The van der Waals surface area contributed by atoms with Crippen LogP contribution in [-0.4, -0.2) is 34.2 Å². The largest absolute Gasteiger partial charge is 0.376 e. The molecule has 0 aliphatic carbocycles. The topological polar surface area (TPSA) is 93.2 Å². The summed E-state index contributed by atoms with van der Waals surface area (Å²) in [6.07, 6.45) is 1.97. The molecule has 0 saturated carbocycles. The molecule has 3 rings (SSSR count). The molecule has 2 aromatic rings. The van der Waals surface area contributed by atoms with Gasteiger partial charge in [0.05, 0.1) is 23.0 Å². The lowest BCUT2D eigenvalue weighted by atomic mass is 10.1. The smallest absolute Gasteiger partial charge is 0.329 e. The van der Waals surface area contributed by atoms with Gasteiger partial charge in [-0.2, -0.15) is 0 Å². The lowest BCUT2D eigenvalue weighted by molar-refractivity contribution is 0.0712. The summed E-state index contributed by atoms with van der Waals surface area (Å²) in [6.45, 7) is 6.19. The molecule has 7 nitrogen and oxygen atoms in total. The number of benzene rings is 1. The summed E-state index contributed by atoms with van der Waals surface area (Å²) in [5.41, 5.74) is -0.0646. The summed E-state index contributed by atoms with van der Waals surface area (Å²) in [5.74, 6) is -0.251. The van der Waals surface area contributed by atoms with Crippen LogP contribution in [0.5, 0.6) is 0 Å². The molecule has 7 heteroatoms. The Kier molecular flexibility index (Phi) is 4.76. The first kappa shape index (κ1) is 17.4. The molecule has 1 amide bonds. The molecule has 1 saturated heterocycles. The van der Waals surface area contributed by atoms with Crippen LogP contribution in [0.25, 0.3) is 10.9 Å². The number of hydrogen-bond acceptors (Lipinski definition) is 4. The first-order valence-electron chi connectivity index (χ1n) is 8.59. The third-order valence-electron chi connectivity index (χ3n) is 4.59.